The maximum Gasteiger partial charge on any atom is 0.230 e. The summed E-state index contributed by atoms with van der Waals surface area (Å²) in [6.45, 7) is 6.78. The molecule has 28 heavy (non-hydrogen) atoms. The van der Waals surface area contributed by atoms with E-state index in [4.69, 9.17) is 4.98 Å². The van der Waals surface area contributed by atoms with Crippen molar-refractivity contribution in [3.05, 3.63) is 76.3 Å². The highest BCUT2D eigenvalue weighted by Gasteiger charge is 2.23. The van der Waals surface area contributed by atoms with Crippen molar-refractivity contribution in [3.63, 3.8) is 0 Å². The lowest BCUT2D eigenvalue weighted by molar-refractivity contribution is -0.929. The standard InChI is InChI=1S/C23H25N3OS/c1-3-18-8-6-7-11-22(18)26(17(2)27)23-24-21(16-28-23)15-25-13-12-19-9-4-5-10-20(19)14-25/h4-11,16H,3,12-15H2,1-2H3/p+1. The van der Waals surface area contributed by atoms with Crippen LogP contribution in [0.25, 0.3) is 0 Å². The number of anilines is 2. The van der Waals surface area contributed by atoms with Crippen LogP contribution in [0.1, 0.15) is 36.2 Å². The van der Waals surface area contributed by atoms with E-state index in [0.717, 1.165) is 54.6 Å². The van der Waals surface area contributed by atoms with Gasteiger partial charge in [0.1, 0.15) is 18.8 Å². The first-order chi connectivity index (χ1) is 13.7. The second kappa shape index (κ2) is 8.25. The van der Waals surface area contributed by atoms with Crippen molar-refractivity contribution in [3.8, 4) is 0 Å². The Morgan fingerprint density at radius 2 is 1.89 bits per heavy atom. The maximum absolute atomic E-state index is 12.4. The average molecular weight is 393 g/mol. The molecule has 0 saturated carbocycles. The molecule has 3 aromatic rings. The molecule has 1 atom stereocenters. The molecule has 1 unspecified atom stereocenters. The predicted molar refractivity (Wildman–Crippen MR) is 114 cm³/mol. The Morgan fingerprint density at radius 3 is 2.68 bits per heavy atom. The first-order valence-electron chi connectivity index (χ1n) is 9.89. The van der Waals surface area contributed by atoms with Crippen molar-refractivity contribution in [1.82, 2.24) is 4.98 Å². The van der Waals surface area contributed by atoms with Crippen molar-refractivity contribution in [1.29, 1.82) is 0 Å². The third-order valence-corrected chi connectivity index (χ3v) is 6.27. The van der Waals surface area contributed by atoms with E-state index in [1.54, 1.807) is 23.2 Å². The lowest BCUT2D eigenvalue weighted by atomic mass is 10.00. The fraction of sp³-hybridized carbons (Fsp3) is 0.304. The van der Waals surface area contributed by atoms with Crippen LogP contribution in [0.4, 0.5) is 10.8 Å². The van der Waals surface area contributed by atoms with Gasteiger partial charge in [0.15, 0.2) is 5.13 Å². The smallest absolute Gasteiger partial charge is 0.230 e. The van der Waals surface area contributed by atoms with Crippen LogP contribution in [0.5, 0.6) is 0 Å². The van der Waals surface area contributed by atoms with Gasteiger partial charge in [-0.05, 0) is 23.6 Å². The number of nitrogens with zero attached hydrogens (tertiary/aromatic N) is 2. The van der Waals surface area contributed by atoms with Gasteiger partial charge in [-0.3, -0.25) is 9.69 Å². The van der Waals surface area contributed by atoms with Gasteiger partial charge in [0.25, 0.3) is 0 Å². The SMILES string of the molecule is CCc1ccccc1N(C(C)=O)c1nc(C[NH+]2CCc3ccccc3C2)cs1. The molecule has 5 heteroatoms. The van der Waals surface area contributed by atoms with Gasteiger partial charge in [-0.1, -0.05) is 49.4 Å². The second-order valence-electron chi connectivity index (χ2n) is 7.33. The van der Waals surface area contributed by atoms with E-state index < -0.39 is 0 Å². The molecule has 0 spiro atoms. The Balaban J connectivity index is 1.54. The normalized spacial score (nSPS) is 15.9. The van der Waals surface area contributed by atoms with Crippen molar-refractivity contribution in [2.45, 2.75) is 39.8 Å². The number of thiazole rings is 1. The molecule has 0 bridgehead atoms. The summed E-state index contributed by atoms with van der Waals surface area (Å²) >= 11 is 1.55. The molecule has 0 fully saturated rings. The maximum atomic E-state index is 12.4. The number of amides is 1. The van der Waals surface area contributed by atoms with E-state index >= 15 is 0 Å². The highest BCUT2D eigenvalue weighted by Crippen LogP contribution is 2.31. The minimum absolute atomic E-state index is 0.000969. The van der Waals surface area contributed by atoms with Gasteiger partial charge < -0.3 is 4.90 Å². The Morgan fingerprint density at radius 1 is 1.14 bits per heavy atom. The van der Waals surface area contributed by atoms with Crippen molar-refractivity contribution in [2.75, 3.05) is 11.4 Å². The van der Waals surface area contributed by atoms with Gasteiger partial charge in [0.2, 0.25) is 5.91 Å². The number of hydrogen-bond acceptors (Lipinski definition) is 3. The van der Waals surface area contributed by atoms with Crippen LogP contribution in [0, 0.1) is 0 Å². The first kappa shape index (κ1) is 18.8. The molecule has 144 valence electrons. The van der Waals surface area contributed by atoms with Crippen LogP contribution in [0.2, 0.25) is 0 Å². The highest BCUT2D eigenvalue weighted by atomic mass is 32.1. The third-order valence-electron chi connectivity index (χ3n) is 5.40. The lowest BCUT2D eigenvalue weighted by Gasteiger charge is -2.25. The summed E-state index contributed by atoms with van der Waals surface area (Å²) in [7, 11) is 0. The Hall–Kier alpha value is -2.50. The van der Waals surface area contributed by atoms with E-state index in [9.17, 15) is 4.79 Å². The summed E-state index contributed by atoms with van der Waals surface area (Å²) in [5.74, 6) is 0.000969. The van der Waals surface area contributed by atoms with Crippen molar-refractivity contribution in [2.24, 2.45) is 0 Å². The van der Waals surface area contributed by atoms with Gasteiger partial charge in [-0.2, -0.15) is 0 Å². The zero-order valence-corrected chi connectivity index (χ0v) is 17.3. The van der Waals surface area contributed by atoms with Gasteiger partial charge in [0, 0.05) is 24.3 Å². The third kappa shape index (κ3) is 3.86. The zero-order valence-electron chi connectivity index (χ0n) is 16.4. The largest absolute Gasteiger partial charge is 0.326 e. The number of carbonyl (C=O) groups is 1. The predicted octanol–water partition coefficient (Wildman–Crippen LogP) is 3.53. The molecule has 4 rings (SSSR count). The molecule has 1 aliphatic heterocycles. The topological polar surface area (TPSA) is 37.6 Å². The fourth-order valence-corrected chi connectivity index (χ4v) is 4.85. The second-order valence-corrected chi connectivity index (χ2v) is 8.17. The van der Waals surface area contributed by atoms with E-state index in [0.29, 0.717) is 0 Å². The number of nitrogens with one attached hydrogen (secondary N) is 1. The van der Waals surface area contributed by atoms with Crippen molar-refractivity contribution < 1.29 is 9.69 Å². The minimum Gasteiger partial charge on any atom is -0.326 e. The van der Waals surface area contributed by atoms with Crippen LogP contribution in [0.15, 0.2) is 53.9 Å². The van der Waals surface area contributed by atoms with Gasteiger partial charge in [0.05, 0.1) is 12.2 Å². The number of carbonyl (C=O) groups excluding carboxylic acids is 1. The summed E-state index contributed by atoms with van der Waals surface area (Å²) in [4.78, 5) is 20.6. The van der Waals surface area contributed by atoms with E-state index in [1.165, 1.54) is 16.0 Å². The number of rotatable bonds is 5. The summed E-state index contributed by atoms with van der Waals surface area (Å²) in [5, 5.41) is 2.87. The van der Waals surface area contributed by atoms with Crippen LogP contribution < -0.4 is 9.80 Å². The zero-order chi connectivity index (χ0) is 19.5. The molecule has 0 saturated heterocycles. The average Bonchev–Trinajstić information content (AvgIpc) is 3.16. The number of quaternary nitrogens is 1. The summed E-state index contributed by atoms with van der Waals surface area (Å²) in [5.41, 5.74) is 6.09. The Labute approximate surface area is 170 Å². The molecule has 4 nitrogen and oxygen atoms in total. The molecule has 1 N–H and O–H groups in total. The monoisotopic (exact) mass is 392 g/mol. The first-order valence-corrected chi connectivity index (χ1v) is 10.8. The number of aryl methyl sites for hydroxylation is 1. The van der Waals surface area contributed by atoms with Crippen LogP contribution in [-0.4, -0.2) is 17.4 Å². The molecule has 1 aliphatic rings. The van der Waals surface area contributed by atoms with Crippen LogP contribution in [-0.2, 0) is 30.7 Å². The van der Waals surface area contributed by atoms with E-state index in [2.05, 4.69) is 42.6 Å². The van der Waals surface area contributed by atoms with Crippen LogP contribution >= 0.6 is 11.3 Å². The van der Waals surface area contributed by atoms with E-state index in [-0.39, 0.29) is 5.91 Å². The fourth-order valence-electron chi connectivity index (χ4n) is 3.97. The van der Waals surface area contributed by atoms with Gasteiger partial charge in [-0.15, -0.1) is 11.3 Å². The molecular formula is C23H26N3OS+. The minimum atomic E-state index is 0.000969. The number of hydrogen-bond donors (Lipinski definition) is 1. The molecule has 2 aromatic carbocycles. The number of benzene rings is 2. The molecule has 2 heterocycles. The molecular weight excluding hydrogens is 366 g/mol. The summed E-state index contributed by atoms with van der Waals surface area (Å²) < 4.78 is 0. The number of aromatic nitrogens is 1. The molecule has 0 aliphatic carbocycles. The number of para-hydroxylation sites is 1. The molecule has 0 radical (unpaired) electrons. The molecule has 1 amide bonds. The summed E-state index contributed by atoms with van der Waals surface area (Å²) in [6.07, 6.45) is 2.00. The van der Waals surface area contributed by atoms with E-state index in [1.807, 2.05) is 18.2 Å². The van der Waals surface area contributed by atoms with Gasteiger partial charge in [-0.25, -0.2) is 4.98 Å². The molecule has 1 aromatic heterocycles. The lowest BCUT2D eigenvalue weighted by Crippen LogP contribution is -3.10. The summed E-state index contributed by atoms with van der Waals surface area (Å²) in [6, 6.07) is 16.8. The number of fused-ring (bicyclic) bond motifs is 1. The highest BCUT2D eigenvalue weighted by molar-refractivity contribution is 7.14. The van der Waals surface area contributed by atoms with Gasteiger partial charge >= 0.3 is 0 Å². The Bertz CT molecular complexity index is 981. The van der Waals surface area contributed by atoms with Crippen molar-refractivity contribution >= 4 is 28.1 Å². The van der Waals surface area contributed by atoms with Crippen LogP contribution in [0.3, 0.4) is 0 Å². The Kier molecular flexibility index (Phi) is 5.55. The quantitative estimate of drug-likeness (QED) is 0.721.